The fraction of sp³-hybridized carbons (Fsp3) is 0.355. The number of rotatable bonds is 12. The number of halogens is 2. The van der Waals surface area contributed by atoms with Crippen molar-refractivity contribution in [3.05, 3.63) is 93.0 Å². The normalized spacial score (nSPS) is 12.1. The summed E-state index contributed by atoms with van der Waals surface area (Å²) in [7, 11) is -4.16. The fourth-order valence-electron chi connectivity index (χ4n) is 4.48. The number of amides is 2. The molecular weight excluding hydrogens is 581 g/mol. The van der Waals surface area contributed by atoms with Crippen LogP contribution in [0.2, 0.25) is 10.0 Å². The van der Waals surface area contributed by atoms with Crippen molar-refractivity contribution in [2.24, 2.45) is 0 Å². The lowest BCUT2D eigenvalue weighted by Crippen LogP contribution is -2.52. The molecule has 2 amide bonds. The molecule has 220 valence electrons. The van der Waals surface area contributed by atoms with Gasteiger partial charge in [-0.2, -0.15) is 0 Å². The maximum atomic E-state index is 14.2. The Morgan fingerprint density at radius 3 is 2.10 bits per heavy atom. The van der Waals surface area contributed by atoms with Crippen molar-refractivity contribution in [3.8, 4) is 0 Å². The van der Waals surface area contributed by atoms with E-state index >= 15 is 0 Å². The van der Waals surface area contributed by atoms with E-state index in [1.54, 1.807) is 50.2 Å². The number of nitrogens with one attached hydrogen (secondary N) is 1. The predicted octanol–water partition coefficient (Wildman–Crippen LogP) is 6.45. The molecule has 0 aliphatic carbocycles. The molecule has 0 heterocycles. The molecule has 3 rings (SSSR count). The first kappa shape index (κ1) is 32.4. The van der Waals surface area contributed by atoms with Gasteiger partial charge in [-0.3, -0.25) is 13.9 Å². The Kier molecular flexibility index (Phi) is 11.2. The van der Waals surface area contributed by atoms with Crippen molar-refractivity contribution in [2.75, 3.05) is 17.4 Å². The van der Waals surface area contributed by atoms with E-state index in [9.17, 15) is 18.0 Å². The van der Waals surface area contributed by atoms with Crippen molar-refractivity contribution in [2.45, 2.75) is 64.9 Å². The molecule has 0 aliphatic rings. The molecule has 0 radical (unpaired) electrons. The molecule has 10 heteroatoms. The summed E-state index contributed by atoms with van der Waals surface area (Å²) in [5.41, 5.74) is 3.30. The number of hydrogen-bond acceptors (Lipinski definition) is 4. The molecule has 41 heavy (non-hydrogen) atoms. The maximum absolute atomic E-state index is 14.2. The van der Waals surface area contributed by atoms with Gasteiger partial charge in [-0.25, -0.2) is 8.42 Å². The van der Waals surface area contributed by atoms with E-state index < -0.39 is 28.5 Å². The van der Waals surface area contributed by atoms with Gasteiger partial charge >= 0.3 is 0 Å². The van der Waals surface area contributed by atoms with E-state index in [4.69, 9.17) is 23.2 Å². The summed E-state index contributed by atoms with van der Waals surface area (Å²) < 4.78 is 29.3. The lowest BCUT2D eigenvalue weighted by molar-refractivity contribution is -0.140. The monoisotopic (exact) mass is 617 g/mol. The molecular formula is C31H37Cl2N3O4S. The van der Waals surface area contributed by atoms with Crippen LogP contribution in [-0.2, 0) is 26.2 Å². The Bertz CT molecular complexity index is 1470. The summed E-state index contributed by atoms with van der Waals surface area (Å²) in [6, 6.07) is 16.1. The van der Waals surface area contributed by atoms with Gasteiger partial charge in [-0.1, -0.05) is 72.9 Å². The summed E-state index contributed by atoms with van der Waals surface area (Å²) in [6.07, 6.45) is 1.03. The second-order valence-corrected chi connectivity index (χ2v) is 12.7. The van der Waals surface area contributed by atoms with E-state index in [1.165, 1.54) is 17.0 Å². The van der Waals surface area contributed by atoms with Crippen LogP contribution in [0.15, 0.2) is 65.6 Å². The highest BCUT2D eigenvalue weighted by Gasteiger charge is 2.34. The standard InChI is InChI=1S/C31H37Cl2N3O4S/c1-6-17-34-31(38)28(7-2)35(19-25-26(32)9-8-10-27(25)33)30(37)20-36(29-18-22(4)11-14-23(29)5)41(39,40)24-15-12-21(3)13-16-24/h8-16,18,28H,6-7,17,19-20H2,1-5H3,(H,34,38)/t28-/m0/s1. The Balaban J connectivity index is 2.13. The van der Waals surface area contributed by atoms with Gasteiger partial charge in [0.25, 0.3) is 10.0 Å². The highest BCUT2D eigenvalue weighted by molar-refractivity contribution is 7.92. The van der Waals surface area contributed by atoms with Crippen LogP contribution in [0.25, 0.3) is 0 Å². The average molecular weight is 619 g/mol. The Morgan fingerprint density at radius 1 is 0.902 bits per heavy atom. The summed E-state index contributed by atoms with van der Waals surface area (Å²) in [6.45, 7) is 9.11. The molecule has 0 fully saturated rings. The number of aryl methyl sites for hydroxylation is 3. The minimum Gasteiger partial charge on any atom is -0.354 e. The summed E-state index contributed by atoms with van der Waals surface area (Å²) >= 11 is 12.9. The van der Waals surface area contributed by atoms with E-state index in [2.05, 4.69) is 5.32 Å². The number of carbonyl (C=O) groups excluding carboxylic acids is 2. The minimum atomic E-state index is -4.16. The number of benzene rings is 3. The van der Waals surface area contributed by atoms with Crippen LogP contribution in [0.3, 0.4) is 0 Å². The van der Waals surface area contributed by atoms with Crippen LogP contribution in [-0.4, -0.2) is 44.3 Å². The first-order valence-electron chi connectivity index (χ1n) is 13.6. The van der Waals surface area contributed by atoms with Crippen LogP contribution < -0.4 is 9.62 Å². The Morgan fingerprint density at radius 2 is 1.51 bits per heavy atom. The molecule has 3 aromatic carbocycles. The lowest BCUT2D eigenvalue weighted by Gasteiger charge is -2.34. The molecule has 0 aromatic heterocycles. The van der Waals surface area contributed by atoms with Crippen molar-refractivity contribution in [3.63, 3.8) is 0 Å². The number of hydrogen-bond donors (Lipinski definition) is 1. The third-order valence-corrected chi connectivity index (χ3v) is 9.33. The van der Waals surface area contributed by atoms with Gasteiger partial charge in [0.05, 0.1) is 10.6 Å². The van der Waals surface area contributed by atoms with Gasteiger partial charge in [0.1, 0.15) is 12.6 Å². The summed E-state index contributed by atoms with van der Waals surface area (Å²) in [4.78, 5) is 28.9. The third kappa shape index (κ3) is 7.82. The van der Waals surface area contributed by atoms with Gasteiger partial charge in [0, 0.05) is 28.7 Å². The van der Waals surface area contributed by atoms with Gasteiger partial charge in [0.15, 0.2) is 0 Å². The first-order chi connectivity index (χ1) is 19.4. The first-order valence-corrected chi connectivity index (χ1v) is 15.8. The topological polar surface area (TPSA) is 86.8 Å². The quantitative estimate of drug-likeness (QED) is 0.253. The van der Waals surface area contributed by atoms with Crippen LogP contribution in [0, 0.1) is 20.8 Å². The van der Waals surface area contributed by atoms with E-state index in [1.807, 2.05) is 32.9 Å². The fourth-order valence-corrected chi connectivity index (χ4v) is 6.47. The highest BCUT2D eigenvalue weighted by Crippen LogP contribution is 2.30. The third-order valence-electron chi connectivity index (χ3n) is 6.85. The van der Waals surface area contributed by atoms with Crippen LogP contribution in [0.4, 0.5) is 5.69 Å². The second-order valence-electron chi connectivity index (χ2n) is 10.1. The molecule has 1 atom stereocenters. The Labute approximate surface area is 253 Å². The maximum Gasteiger partial charge on any atom is 0.264 e. The van der Waals surface area contributed by atoms with Crippen molar-refractivity contribution in [1.29, 1.82) is 0 Å². The molecule has 3 aromatic rings. The van der Waals surface area contributed by atoms with Gasteiger partial charge in [-0.15, -0.1) is 0 Å². The number of nitrogens with zero attached hydrogens (tertiary/aromatic N) is 2. The van der Waals surface area contributed by atoms with Crippen LogP contribution in [0.1, 0.15) is 48.9 Å². The Hall–Kier alpha value is -3.07. The van der Waals surface area contributed by atoms with Crippen LogP contribution in [0.5, 0.6) is 0 Å². The SMILES string of the molecule is CCCNC(=O)[C@H](CC)N(Cc1c(Cl)cccc1Cl)C(=O)CN(c1cc(C)ccc1C)S(=O)(=O)c1ccc(C)cc1. The number of carbonyl (C=O) groups is 2. The lowest BCUT2D eigenvalue weighted by atomic mass is 10.1. The largest absolute Gasteiger partial charge is 0.354 e. The molecule has 7 nitrogen and oxygen atoms in total. The molecule has 0 bridgehead atoms. The van der Waals surface area contributed by atoms with Gasteiger partial charge in [-0.05, 0) is 75.1 Å². The zero-order valence-corrected chi connectivity index (χ0v) is 26.4. The zero-order chi connectivity index (χ0) is 30.3. The van der Waals surface area contributed by atoms with Gasteiger partial charge in [0.2, 0.25) is 11.8 Å². The zero-order valence-electron chi connectivity index (χ0n) is 24.1. The molecule has 1 N–H and O–H groups in total. The predicted molar refractivity (Wildman–Crippen MR) is 166 cm³/mol. The molecule has 0 saturated heterocycles. The smallest absolute Gasteiger partial charge is 0.264 e. The number of anilines is 1. The molecule has 0 saturated carbocycles. The number of sulfonamides is 1. The average Bonchev–Trinajstić information content (AvgIpc) is 2.93. The van der Waals surface area contributed by atoms with E-state index in [0.29, 0.717) is 39.8 Å². The van der Waals surface area contributed by atoms with Gasteiger partial charge < -0.3 is 10.2 Å². The van der Waals surface area contributed by atoms with E-state index in [0.717, 1.165) is 21.9 Å². The van der Waals surface area contributed by atoms with E-state index in [-0.39, 0.29) is 17.3 Å². The summed E-state index contributed by atoms with van der Waals surface area (Å²) in [5.74, 6) is -0.887. The molecule has 0 aliphatic heterocycles. The highest BCUT2D eigenvalue weighted by atomic mass is 35.5. The minimum absolute atomic E-state index is 0.0604. The summed E-state index contributed by atoms with van der Waals surface area (Å²) in [5, 5.41) is 3.56. The molecule has 0 unspecified atom stereocenters. The van der Waals surface area contributed by atoms with Crippen molar-refractivity contribution >= 4 is 50.7 Å². The van der Waals surface area contributed by atoms with Crippen molar-refractivity contribution < 1.29 is 18.0 Å². The second kappa shape index (κ2) is 14.2. The van der Waals surface area contributed by atoms with Crippen LogP contribution >= 0.6 is 23.2 Å². The van der Waals surface area contributed by atoms with Crippen molar-refractivity contribution in [1.82, 2.24) is 10.2 Å². The molecule has 0 spiro atoms.